The summed E-state index contributed by atoms with van der Waals surface area (Å²) in [6, 6.07) is 4.73. The number of fused-ring (bicyclic) bond motifs is 1. The van der Waals surface area contributed by atoms with Crippen LogP contribution in [0.1, 0.15) is 10.4 Å². The zero-order valence-electron chi connectivity index (χ0n) is 8.33. The number of ketones is 1. The van der Waals surface area contributed by atoms with Gasteiger partial charge < -0.3 is 10.3 Å². The lowest BCUT2D eigenvalue weighted by Gasteiger charge is -1.97. The van der Waals surface area contributed by atoms with Gasteiger partial charge in [-0.3, -0.25) is 4.79 Å². The van der Waals surface area contributed by atoms with Crippen molar-refractivity contribution in [1.82, 2.24) is 4.57 Å². The molecule has 2 N–H and O–H groups in total. The van der Waals surface area contributed by atoms with E-state index in [9.17, 15) is 9.18 Å². The fourth-order valence-electron chi connectivity index (χ4n) is 1.72. The average Bonchev–Trinajstić information content (AvgIpc) is 2.57. The van der Waals surface area contributed by atoms with Crippen molar-refractivity contribution in [3.8, 4) is 0 Å². The van der Waals surface area contributed by atoms with Gasteiger partial charge in [0.05, 0.1) is 12.1 Å². The molecule has 2 aromatic rings. The SMILES string of the molecule is Cn1cc(C(=O)CN)c2c(F)cccc21. The van der Waals surface area contributed by atoms with Gasteiger partial charge in [0.2, 0.25) is 0 Å². The number of aryl methyl sites for hydroxylation is 1. The molecule has 78 valence electrons. The fourth-order valence-corrected chi connectivity index (χ4v) is 1.72. The molecule has 3 nitrogen and oxygen atoms in total. The number of nitrogens with two attached hydrogens (primary N) is 1. The van der Waals surface area contributed by atoms with Crippen LogP contribution in [0.25, 0.3) is 10.9 Å². The summed E-state index contributed by atoms with van der Waals surface area (Å²) in [7, 11) is 1.77. The van der Waals surface area contributed by atoms with E-state index in [4.69, 9.17) is 5.73 Å². The van der Waals surface area contributed by atoms with E-state index in [1.54, 1.807) is 29.9 Å². The number of Topliss-reactive ketones (excluding diaryl/α,β-unsaturated/α-hetero) is 1. The molecule has 0 aliphatic carbocycles. The molecule has 15 heavy (non-hydrogen) atoms. The van der Waals surface area contributed by atoms with E-state index in [-0.39, 0.29) is 18.1 Å². The number of benzene rings is 1. The summed E-state index contributed by atoms with van der Waals surface area (Å²) >= 11 is 0. The summed E-state index contributed by atoms with van der Waals surface area (Å²) in [5, 5.41) is 0.357. The van der Waals surface area contributed by atoms with E-state index in [1.165, 1.54) is 6.07 Å². The Morgan fingerprint density at radius 3 is 2.93 bits per heavy atom. The number of nitrogens with zero attached hydrogens (tertiary/aromatic N) is 1. The second-order valence-corrected chi connectivity index (χ2v) is 3.41. The number of aromatic nitrogens is 1. The summed E-state index contributed by atoms with van der Waals surface area (Å²) in [6.07, 6.45) is 1.61. The molecular formula is C11H11FN2O. The van der Waals surface area contributed by atoms with Gasteiger partial charge >= 0.3 is 0 Å². The smallest absolute Gasteiger partial charge is 0.178 e. The van der Waals surface area contributed by atoms with Crippen molar-refractivity contribution >= 4 is 16.7 Å². The van der Waals surface area contributed by atoms with Crippen LogP contribution < -0.4 is 5.73 Å². The van der Waals surface area contributed by atoms with Gasteiger partial charge in [-0.05, 0) is 12.1 Å². The maximum absolute atomic E-state index is 13.6. The van der Waals surface area contributed by atoms with E-state index < -0.39 is 0 Å². The lowest BCUT2D eigenvalue weighted by Crippen LogP contribution is -2.13. The standard InChI is InChI=1S/C11H11FN2O/c1-14-6-7(10(15)5-13)11-8(12)3-2-4-9(11)14/h2-4,6H,5,13H2,1H3. The van der Waals surface area contributed by atoms with E-state index in [2.05, 4.69) is 0 Å². The number of hydrogen-bond acceptors (Lipinski definition) is 2. The molecule has 4 heteroatoms. The Kier molecular flexibility index (Phi) is 2.28. The Balaban J connectivity index is 2.81. The Morgan fingerprint density at radius 1 is 1.53 bits per heavy atom. The van der Waals surface area contributed by atoms with Gasteiger partial charge in [0.15, 0.2) is 5.78 Å². The highest BCUT2D eigenvalue weighted by molar-refractivity contribution is 6.09. The Labute approximate surface area is 86.3 Å². The number of hydrogen-bond donors (Lipinski definition) is 1. The molecule has 0 spiro atoms. The maximum atomic E-state index is 13.6. The van der Waals surface area contributed by atoms with Gasteiger partial charge in [0, 0.05) is 24.2 Å². The highest BCUT2D eigenvalue weighted by atomic mass is 19.1. The van der Waals surface area contributed by atoms with Crippen LogP contribution in [-0.4, -0.2) is 16.9 Å². The second-order valence-electron chi connectivity index (χ2n) is 3.41. The lowest BCUT2D eigenvalue weighted by atomic mass is 10.1. The quantitative estimate of drug-likeness (QED) is 0.756. The van der Waals surface area contributed by atoms with Crippen molar-refractivity contribution in [1.29, 1.82) is 0 Å². The van der Waals surface area contributed by atoms with Crippen molar-refractivity contribution in [2.24, 2.45) is 12.8 Å². The minimum Gasteiger partial charge on any atom is -0.350 e. The molecule has 0 aliphatic heterocycles. The molecule has 1 aromatic heterocycles. The number of carbonyl (C=O) groups is 1. The molecule has 0 aliphatic rings. The normalized spacial score (nSPS) is 10.9. The summed E-state index contributed by atoms with van der Waals surface area (Å²) in [4.78, 5) is 11.5. The van der Waals surface area contributed by atoms with Crippen LogP contribution in [0.3, 0.4) is 0 Å². The molecule has 0 unspecified atom stereocenters. The van der Waals surface area contributed by atoms with Crippen molar-refractivity contribution in [2.45, 2.75) is 0 Å². The van der Waals surface area contributed by atoms with Crippen LogP contribution >= 0.6 is 0 Å². The van der Waals surface area contributed by atoms with Gasteiger partial charge in [-0.2, -0.15) is 0 Å². The van der Waals surface area contributed by atoms with Crippen molar-refractivity contribution in [2.75, 3.05) is 6.54 Å². The largest absolute Gasteiger partial charge is 0.350 e. The Hall–Kier alpha value is -1.68. The first-order valence-electron chi connectivity index (χ1n) is 4.62. The number of halogens is 1. The van der Waals surface area contributed by atoms with Gasteiger partial charge in [-0.1, -0.05) is 6.07 Å². The highest BCUT2D eigenvalue weighted by Crippen LogP contribution is 2.23. The molecule has 0 fully saturated rings. The minimum absolute atomic E-state index is 0.104. The van der Waals surface area contributed by atoms with Crippen LogP contribution in [0.15, 0.2) is 24.4 Å². The van der Waals surface area contributed by atoms with Crippen LogP contribution in [0.5, 0.6) is 0 Å². The maximum Gasteiger partial charge on any atom is 0.178 e. The monoisotopic (exact) mass is 206 g/mol. The third-order valence-electron chi connectivity index (χ3n) is 2.45. The molecule has 0 saturated carbocycles. The second kappa shape index (κ2) is 3.47. The third-order valence-corrected chi connectivity index (χ3v) is 2.45. The fraction of sp³-hybridized carbons (Fsp3) is 0.182. The van der Waals surface area contributed by atoms with E-state index in [0.29, 0.717) is 16.5 Å². The zero-order chi connectivity index (χ0) is 11.0. The van der Waals surface area contributed by atoms with Crippen LogP contribution in [0.2, 0.25) is 0 Å². The summed E-state index contributed by atoms with van der Waals surface area (Å²) in [5.41, 5.74) is 6.33. The van der Waals surface area contributed by atoms with Crippen LogP contribution in [0.4, 0.5) is 4.39 Å². The molecular weight excluding hydrogens is 195 g/mol. The Morgan fingerprint density at radius 2 is 2.27 bits per heavy atom. The molecule has 0 bridgehead atoms. The number of carbonyl (C=O) groups excluding carboxylic acids is 1. The van der Waals surface area contributed by atoms with Crippen molar-refractivity contribution < 1.29 is 9.18 Å². The van der Waals surface area contributed by atoms with Crippen LogP contribution in [0, 0.1) is 5.82 Å². The topological polar surface area (TPSA) is 48.0 Å². The first-order valence-corrected chi connectivity index (χ1v) is 4.62. The van der Waals surface area contributed by atoms with Gasteiger partial charge in [-0.25, -0.2) is 4.39 Å². The molecule has 0 radical (unpaired) electrons. The van der Waals surface area contributed by atoms with E-state index in [1.807, 2.05) is 0 Å². The van der Waals surface area contributed by atoms with Gasteiger partial charge in [0.1, 0.15) is 5.82 Å². The molecule has 0 saturated heterocycles. The average molecular weight is 206 g/mol. The molecule has 0 amide bonds. The highest BCUT2D eigenvalue weighted by Gasteiger charge is 2.15. The third kappa shape index (κ3) is 1.43. The Bertz CT molecular complexity index is 531. The van der Waals surface area contributed by atoms with Crippen LogP contribution in [-0.2, 0) is 7.05 Å². The predicted molar refractivity (Wildman–Crippen MR) is 56.3 cm³/mol. The first kappa shape index (κ1) is 9.86. The predicted octanol–water partition coefficient (Wildman–Crippen LogP) is 1.46. The summed E-state index contributed by atoms with van der Waals surface area (Å²) in [6.45, 7) is -0.104. The molecule has 2 rings (SSSR count). The summed E-state index contributed by atoms with van der Waals surface area (Å²) < 4.78 is 15.3. The van der Waals surface area contributed by atoms with Gasteiger partial charge in [-0.15, -0.1) is 0 Å². The summed E-state index contributed by atoms with van der Waals surface area (Å²) in [5.74, 6) is -0.629. The minimum atomic E-state index is -0.384. The molecule has 1 heterocycles. The van der Waals surface area contributed by atoms with Crippen molar-refractivity contribution in [3.63, 3.8) is 0 Å². The zero-order valence-corrected chi connectivity index (χ0v) is 8.33. The molecule has 0 atom stereocenters. The van der Waals surface area contributed by atoms with E-state index >= 15 is 0 Å². The lowest BCUT2D eigenvalue weighted by molar-refractivity contribution is 0.100. The van der Waals surface area contributed by atoms with Gasteiger partial charge in [0.25, 0.3) is 0 Å². The molecule has 1 aromatic carbocycles. The van der Waals surface area contributed by atoms with E-state index in [0.717, 1.165) is 0 Å². The number of rotatable bonds is 2. The first-order chi connectivity index (χ1) is 7.15. The van der Waals surface area contributed by atoms with Crippen molar-refractivity contribution in [3.05, 3.63) is 35.8 Å².